The Kier molecular flexibility index (Phi) is 4.01. The largest absolute Gasteiger partial charge is 0.378 e. The van der Waals surface area contributed by atoms with E-state index in [0.29, 0.717) is 23.6 Å². The van der Waals surface area contributed by atoms with E-state index in [-0.39, 0.29) is 18.9 Å². The summed E-state index contributed by atoms with van der Waals surface area (Å²) in [5.74, 6) is -1.02. The third-order valence-corrected chi connectivity index (χ3v) is 4.05. The van der Waals surface area contributed by atoms with Gasteiger partial charge in [0.15, 0.2) is 5.60 Å². The second-order valence-electron chi connectivity index (χ2n) is 5.19. The summed E-state index contributed by atoms with van der Waals surface area (Å²) in [5.41, 5.74) is 4.86. The normalized spacial score (nSPS) is 22.6. The monoisotopic (exact) mass is 296 g/mol. The average Bonchev–Trinajstić information content (AvgIpc) is 2.41. The third-order valence-electron chi connectivity index (χ3n) is 3.62. The van der Waals surface area contributed by atoms with E-state index < -0.39 is 11.5 Å². The molecule has 1 aromatic rings. The van der Waals surface area contributed by atoms with Gasteiger partial charge in [0.1, 0.15) is 0 Å². The van der Waals surface area contributed by atoms with E-state index in [2.05, 4.69) is 0 Å². The van der Waals surface area contributed by atoms with Crippen molar-refractivity contribution in [2.75, 3.05) is 13.1 Å². The molecule has 1 atom stereocenters. The molecule has 20 heavy (non-hydrogen) atoms. The molecule has 1 unspecified atom stereocenters. The van der Waals surface area contributed by atoms with E-state index in [1.54, 1.807) is 18.2 Å². The molecule has 6 heteroatoms. The first-order valence-corrected chi connectivity index (χ1v) is 6.79. The maximum Gasteiger partial charge on any atom is 0.253 e. The lowest BCUT2D eigenvalue weighted by molar-refractivity contribution is -0.140. The van der Waals surface area contributed by atoms with Gasteiger partial charge >= 0.3 is 0 Å². The van der Waals surface area contributed by atoms with Crippen LogP contribution in [0.5, 0.6) is 0 Å². The molecule has 0 aliphatic carbocycles. The Morgan fingerprint density at radius 1 is 1.45 bits per heavy atom. The average molecular weight is 297 g/mol. The van der Waals surface area contributed by atoms with Crippen molar-refractivity contribution in [3.8, 4) is 0 Å². The molecule has 2 amide bonds. The number of nitrogens with two attached hydrogens (primary N) is 1. The lowest BCUT2D eigenvalue weighted by Gasteiger charge is -2.37. The number of aryl methyl sites for hydroxylation is 1. The van der Waals surface area contributed by atoms with Crippen LogP contribution >= 0.6 is 11.6 Å². The minimum atomic E-state index is -1.63. The predicted molar refractivity (Wildman–Crippen MR) is 75.5 cm³/mol. The molecule has 108 valence electrons. The number of primary amides is 1. The number of halogens is 1. The van der Waals surface area contributed by atoms with Gasteiger partial charge in [0.05, 0.1) is 6.54 Å². The first-order valence-electron chi connectivity index (χ1n) is 6.41. The summed E-state index contributed by atoms with van der Waals surface area (Å²) < 4.78 is 0. The van der Waals surface area contributed by atoms with Crippen LogP contribution in [0.1, 0.15) is 28.8 Å². The fraction of sp³-hybridized carbons (Fsp3) is 0.429. The van der Waals surface area contributed by atoms with Crippen LogP contribution in [-0.2, 0) is 4.79 Å². The number of likely N-dealkylation sites (tertiary alicyclic amines) is 1. The number of amides is 2. The maximum absolute atomic E-state index is 12.4. The van der Waals surface area contributed by atoms with Gasteiger partial charge in [-0.15, -0.1) is 0 Å². The van der Waals surface area contributed by atoms with Crippen LogP contribution in [-0.4, -0.2) is 40.5 Å². The smallest absolute Gasteiger partial charge is 0.253 e. The van der Waals surface area contributed by atoms with Gasteiger partial charge in [-0.2, -0.15) is 0 Å². The summed E-state index contributed by atoms with van der Waals surface area (Å²) in [4.78, 5) is 25.1. The van der Waals surface area contributed by atoms with Crippen LogP contribution in [0.2, 0.25) is 5.02 Å². The highest BCUT2D eigenvalue weighted by Crippen LogP contribution is 2.23. The van der Waals surface area contributed by atoms with E-state index in [1.807, 2.05) is 6.92 Å². The van der Waals surface area contributed by atoms with E-state index in [4.69, 9.17) is 17.3 Å². The second-order valence-corrected chi connectivity index (χ2v) is 5.60. The number of carbonyl (C=O) groups excluding carboxylic acids is 2. The van der Waals surface area contributed by atoms with Crippen LogP contribution in [0.3, 0.4) is 0 Å². The number of benzene rings is 1. The van der Waals surface area contributed by atoms with Crippen molar-refractivity contribution in [3.63, 3.8) is 0 Å². The molecule has 1 aliphatic heterocycles. The highest BCUT2D eigenvalue weighted by Gasteiger charge is 2.40. The molecule has 1 fully saturated rings. The summed E-state index contributed by atoms with van der Waals surface area (Å²) in [6, 6.07) is 4.99. The fourth-order valence-corrected chi connectivity index (χ4v) is 2.49. The molecule has 3 N–H and O–H groups in total. The summed E-state index contributed by atoms with van der Waals surface area (Å²) >= 11 is 5.93. The second kappa shape index (κ2) is 5.42. The Morgan fingerprint density at radius 3 is 2.75 bits per heavy atom. The lowest BCUT2D eigenvalue weighted by atomic mass is 9.91. The number of piperidine rings is 1. The molecule has 0 radical (unpaired) electrons. The molecular weight excluding hydrogens is 280 g/mol. The van der Waals surface area contributed by atoms with Crippen LogP contribution in [0.15, 0.2) is 18.2 Å². The SMILES string of the molecule is Cc1cc(C(=O)N2CCCC(O)(C(N)=O)C2)ccc1Cl. The van der Waals surface area contributed by atoms with Crippen molar-refractivity contribution in [1.82, 2.24) is 4.90 Å². The van der Waals surface area contributed by atoms with Crippen molar-refractivity contribution in [2.24, 2.45) is 5.73 Å². The Labute approximate surface area is 122 Å². The van der Waals surface area contributed by atoms with Crippen LogP contribution in [0, 0.1) is 6.92 Å². The summed E-state index contributed by atoms with van der Waals surface area (Å²) in [6.45, 7) is 2.24. The van der Waals surface area contributed by atoms with E-state index >= 15 is 0 Å². The lowest BCUT2D eigenvalue weighted by Crippen LogP contribution is -2.57. The maximum atomic E-state index is 12.4. The van der Waals surface area contributed by atoms with E-state index in [1.165, 1.54) is 4.90 Å². The molecule has 2 rings (SSSR count). The standard InChI is InChI=1S/C14H17ClN2O3/c1-9-7-10(3-4-11(9)15)12(18)17-6-2-5-14(20,8-17)13(16)19/h3-4,7,20H,2,5-6,8H2,1H3,(H2,16,19). The number of hydrogen-bond acceptors (Lipinski definition) is 3. The van der Waals surface area contributed by atoms with Crippen LogP contribution in [0.25, 0.3) is 0 Å². The van der Waals surface area contributed by atoms with Gasteiger partial charge < -0.3 is 15.7 Å². The van der Waals surface area contributed by atoms with Gasteiger partial charge in [0.2, 0.25) is 0 Å². The first-order chi connectivity index (χ1) is 9.33. The van der Waals surface area contributed by atoms with Crippen molar-refractivity contribution in [1.29, 1.82) is 0 Å². The predicted octanol–water partition coefficient (Wildman–Crippen LogP) is 1.10. The summed E-state index contributed by atoms with van der Waals surface area (Å²) in [7, 11) is 0. The summed E-state index contributed by atoms with van der Waals surface area (Å²) in [6.07, 6.45) is 0.823. The zero-order valence-electron chi connectivity index (χ0n) is 11.2. The molecule has 1 aliphatic rings. The number of nitrogens with zero attached hydrogens (tertiary/aromatic N) is 1. The molecule has 1 heterocycles. The zero-order valence-corrected chi connectivity index (χ0v) is 12.0. The van der Waals surface area contributed by atoms with Gasteiger partial charge in [-0.05, 0) is 43.5 Å². The van der Waals surface area contributed by atoms with Gasteiger partial charge in [-0.3, -0.25) is 9.59 Å². The molecule has 0 bridgehead atoms. The van der Waals surface area contributed by atoms with Crippen molar-refractivity contribution in [2.45, 2.75) is 25.4 Å². The number of rotatable bonds is 2. The number of carbonyl (C=O) groups is 2. The van der Waals surface area contributed by atoms with Gasteiger partial charge in [0.25, 0.3) is 11.8 Å². The van der Waals surface area contributed by atoms with Crippen molar-refractivity contribution in [3.05, 3.63) is 34.3 Å². The molecule has 0 spiro atoms. The Morgan fingerprint density at radius 2 is 2.15 bits per heavy atom. The quantitative estimate of drug-likeness (QED) is 0.857. The topological polar surface area (TPSA) is 83.6 Å². The molecule has 1 aromatic carbocycles. The number of hydrogen-bond donors (Lipinski definition) is 2. The third kappa shape index (κ3) is 2.78. The molecule has 5 nitrogen and oxygen atoms in total. The van der Waals surface area contributed by atoms with Crippen molar-refractivity contribution < 1.29 is 14.7 Å². The zero-order chi connectivity index (χ0) is 14.9. The number of aliphatic hydroxyl groups is 1. The Bertz CT molecular complexity index is 561. The van der Waals surface area contributed by atoms with E-state index in [0.717, 1.165) is 5.56 Å². The van der Waals surface area contributed by atoms with Gasteiger partial charge in [-0.25, -0.2) is 0 Å². The highest BCUT2D eigenvalue weighted by atomic mass is 35.5. The van der Waals surface area contributed by atoms with Crippen LogP contribution in [0.4, 0.5) is 0 Å². The van der Waals surface area contributed by atoms with E-state index in [9.17, 15) is 14.7 Å². The molecular formula is C14H17ClN2O3. The molecule has 0 aromatic heterocycles. The van der Waals surface area contributed by atoms with Crippen LogP contribution < -0.4 is 5.73 Å². The minimum absolute atomic E-state index is 0.0666. The first kappa shape index (κ1) is 14.8. The Balaban J connectivity index is 2.20. The fourth-order valence-electron chi connectivity index (χ4n) is 2.37. The van der Waals surface area contributed by atoms with Gasteiger partial charge in [-0.1, -0.05) is 11.6 Å². The van der Waals surface area contributed by atoms with Crippen molar-refractivity contribution >= 4 is 23.4 Å². The minimum Gasteiger partial charge on any atom is -0.378 e. The molecule has 0 saturated carbocycles. The van der Waals surface area contributed by atoms with Gasteiger partial charge in [0, 0.05) is 17.1 Å². The highest BCUT2D eigenvalue weighted by molar-refractivity contribution is 6.31. The number of β-amino-alcohol motifs (C(OH)–C–C–N with tert-alkyl or cyclic N) is 1. The Hall–Kier alpha value is -1.59. The molecule has 1 saturated heterocycles. The summed E-state index contributed by atoms with van der Waals surface area (Å²) in [5, 5.41) is 10.7.